The zero-order valence-electron chi connectivity index (χ0n) is 13.4. The highest BCUT2D eigenvalue weighted by molar-refractivity contribution is 9.10. The number of anilines is 1. The largest absolute Gasteiger partial charge is 0.280 e. The molecule has 0 atom stereocenters. The number of hydrogen-bond donors (Lipinski definition) is 1. The third-order valence-electron chi connectivity index (χ3n) is 3.87. The molecule has 132 valence electrons. The monoisotopic (exact) mass is 449 g/mol. The smallest absolute Gasteiger partial charge is 0.278 e. The summed E-state index contributed by atoms with van der Waals surface area (Å²) in [6.07, 6.45) is 0. The SMILES string of the molecule is Cc1nc2sc3ccccc3n2c(=O)c1S(=O)(=O)Nc1ccccc1Br. The van der Waals surface area contributed by atoms with Crippen LogP contribution in [-0.4, -0.2) is 17.8 Å². The van der Waals surface area contributed by atoms with Gasteiger partial charge in [-0.2, -0.15) is 0 Å². The van der Waals surface area contributed by atoms with E-state index in [9.17, 15) is 13.2 Å². The molecule has 1 N–H and O–H groups in total. The molecule has 0 spiro atoms. The van der Waals surface area contributed by atoms with Crippen molar-refractivity contribution in [1.29, 1.82) is 0 Å². The average molecular weight is 450 g/mol. The van der Waals surface area contributed by atoms with E-state index in [-0.39, 0.29) is 10.6 Å². The summed E-state index contributed by atoms with van der Waals surface area (Å²) in [5.41, 5.74) is 0.555. The van der Waals surface area contributed by atoms with Gasteiger partial charge in [0.05, 0.1) is 21.6 Å². The minimum Gasteiger partial charge on any atom is -0.278 e. The van der Waals surface area contributed by atoms with Crippen LogP contribution in [0.3, 0.4) is 0 Å². The number of fused-ring (bicyclic) bond motifs is 3. The van der Waals surface area contributed by atoms with Gasteiger partial charge in [-0.3, -0.25) is 9.52 Å². The number of rotatable bonds is 3. The Labute approximate surface area is 161 Å². The fourth-order valence-electron chi connectivity index (χ4n) is 2.74. The Morgan fingerprint density at radius 3 is 2.58 bits per heavy atom. The average Bonchev–Trinajstić information content (AvgIpc) is 2.94. The summed E-state index contributed by atoms with van der Waals surface area (Å²) in [6.45, 7) is 1.53. The van der Waals surface area contributed by atoms with Gasteiger partial charge in [0.25, 0.3) is 15.6 Å². The maximum absolute atomic E-state index is 13.0. The zero-order chi connectivity index (χ0) is 18.5. The van der Waals surface area contributed by atoms with Gasteiger partial charge in [0.2, 0.25) is 0 Å². The summed E-state index contributed by atoms with van der Waals surface area (Å²) in [6, 6.07) is 14.1. The minimum absolute atomic E-state index is 0.168. The van der Waals surface area contributed by atoms with Crippen LogP contribution in [0.1, 0.15) is 5.69 Å². The molecule has 0 saturated carbocycles. The Morgan fingerprint density at radius 2 is 1.81 bits per heavy atom. The molecule has 0 unspecified atom stereocenters. The van der Waals surface area contributed by atoms with Crippen LogP contribution in [0.15, 0.2) is 62.7 Å². The van der Waals surface area contributed by atoms with Gasteiger partial charge < -0.3 is 0 Å². The van der Waals surface area contributed by atoms with E-state index < -0.39 is 15.6 Å². The summed E-state index contributed by atoms with van der Waals surface area (Å²) in [5.74, 6) is 0. The molecule has 0 aliphatic rings. The fraction of sp³-hybridized carbons (Fsp3) is 0.0588. The second-order valence-corrected chi connectivity index (χ2v) is 9.09. The van der Waals surface area contributed by atoms with Gasteiger partial charge in [0.15, 0.2) is 9.86 Å². The second kappa shape index (κ2) is 6.19. The summed E-state index contributed by atoms with van der Waals surface area (Å²) in [4.78, 5) is 17.5. The van der Waals surface area contributed by atoms with Gasteiger partial charge in [-0.05, 0) is 47.1 Å². The van der Waals surface area contributed by atoms with Gasteiger partial charge in [0.1, 0.15) is 0 Å². The molecule has 2 aromatic heterocycles. The predicted octanol–water partition coefficient (Wildman–Crippen LogP) is 3.78. The maximum Gasteiger partial charge on any atom is 0.280 e. The zero-order valence-corrected chi connectivity index (χ0v) is 16.7. The molecule has 0 bridgehead atoms. The summed E-state index contributed by atoms with van der Waals surface area (Å²) in [7, 11) is -4.11. The van der Waals surface area contributed by atoms with E-state index >= 15 is 0 Å². The van der Waals surface area contributed by atoms with Crippen molar-refractivity contribution in [2.75, 3.05) is 4.72 Å². The molecule has 0 radical (unpaired) electrons. The molecule has 4 rings (SSSR count). The Balaban J connectivity index is 1.97. The van der Waals surface area contributed by atoms with Crippen molar-refractivity contribution in [3.05, 3.63) is 69.1 Å². The van der Waals surface area contributed by atoms with Crippen LogP contribution in [0.4, 0.5) is 5.69 Å². The van der Waals surface area contributed by atoms with Gasteiger partial charge in [-0.15, -0.1) is 0 Å². The number of nitrogens with one attached hydrogen (secondary N) is 1. The molecule has 6 nitrogen and oxygen atoms in total. The number of hydrogen-bond acceptors (Lipinski definition) is 5. The Bertz CT molecular complexity index is 1330. The fourth-order valence-corrected chi connectivity index (χ4v) is 5.65. The van der Waals surface area contributed by atoms with Gasteiger partial charge in [-0.25, -0.2) is 17.8 Å². The molecule has 9 heteroatoms. The van der Waals surface area contributed by atoms with E-state index in [0.29, 0.717) is 20.6 Å². The van der Waals surface area contributed by atoms with Crippen molar-refractivity contribution in [1.82, 2.24) is 9.38 Å². The summed E-state index contributed by atoms with van der Waals surface area (Å²) in [5, 5.41) is 0. The standard InChI is InChI=1S/C17H12BrN3O3S2/c1-10-15(26(23,24)20-12-7-3-2-6-11(12)18)16(22)21-13-8-4-5-9-14(13)25-17(21)19-10/h2-9,20H,1H3. The Morgan fingerprint density at radius 1 is 1.12 bits per heavy atom. The van der Waals surface area contributed by atoms with Crippen LogP contribution in [0.5, 0.6) is 0 Å². The van der Waals surface area contributed by atoms with Gasteiger partial charge in [0, 0.05) is 4.47 Å². The van der Waals surface area contributed by atoms with Crippen molar-refractivity contribution >= 4 is 58.2 Å². The Hall–Kier alpha value is -2.23. The van der Waals surface area contributed by atoms with Crippen molar-refractivity contribution in [3.8, 4) is 0 Å². The molecular formula is C17H12BrN3O3S2. The lowest BCUT2D eigenvalue weighted by atomic mass is 10.3. The first-order chi connectivity index (χ1) is 12.4. The van der Waals surface area contributed by atoms with Crippen LogP contribution in [0, 0.1) is 6.92 Å². The van der Waals surface area contributed by atoms with Crippen LogP contribution < -0.4 is 10.3 Å². The lowest BCUT2D eigenvalue weighted by Crippen LogP contribution is -2.27. The molecule has 4 aromatic rings. The molecule has 26 heavy (non-hydrogen) atoms. The number of sulfonamides is 1. The van der Waals surface area contributed by atoms with Crippen molar-refractivity contribution in [3.63, 3.8) is 0 Å². The third kappa shape index (κ3) is 2.72. The maximum atomic E-state index is 13.0. The first-order valence-electron chi connectivity index (χ1n) is 7.57. The number of thiazole rings is 1. The summed E-state index contributed by atoms with van der Waals surface area (Å²) < 4.78 is 31.1. The van der Waals surface area contributed by atoms with E-state index in [2.05, 4.69) is 25.6 Å². The Kier molecular flexibility index (Phi) is 4.09. The highest BCUT2D eigenvalue weighted by Crippen LogP contribution is 2.27. The summed E-state index contributed by atoms with van der Waals surface area (Å²) >= 11 is 4.65. The van der Waals surface area contributed by atoms with Crippen molar-refractivity contribution in [2.24, 2.45) is 0 Å². The number of halogens is 1. The van der Waals surface area contributed by atoms with Gasteiger partial charge >= 0.3 is 0 Å². The first-order valence-corrected chi connectivity index (χ1v) is 10.7. The molecule has 2 aromatic carbocycles. The molecule has 0 fully saturated rings. The topological polar surface area (TPSA) is 80.5 Å². The van der Waals surface area contributed by atoms with E-state index in [4.69, 9.17) is 0 Å². The number of benzene rings is 2. The van der Waals surface area contributed by atoms with Crippen LogP contribution >= 0.6 is 27.3 Å². The molecule has 0 saturated heterocycles. The van der Waals surface area contributed by atoms with E-state index in [1.807, 2.05) is 12.1 Å². The third-order valence-corrected chi connectivity index (χ3v) is 7.08. The van der Waals surface area contributed by atoms with Crippen molar-refractivity contribution < 1.29 is 8.42 Å². The minimum atomic E-state index is -4.11. The second-order valence-electron chi connectivity index (χ2n) is 5.60. The number of nitrogens with zero attached hydrogens (tertiary/aromatic N) is 2. The number of para-hydroxylation sites is 2. The first kappa shape index (κ1) is 17.2. The number of aromatic nitrogens is 2. The lowest BCUT2D eigenvalue weighted by Gasteiger charge is -2.11. The molecule has 0 amide bonds. The lowest BCUT2D eigenvalue weighted by molar-refractivity contribution is 0.598. The van der Waals surface area contributed by atoms with Crippen LogP contribution in [0.25, 0.3) is 15.2 Å². The normalized spacial score (nSPS) is 11.9. The van der Waals surface area contributed by atoms with Gasteiger partial charge in [-0.1, -0.05) is 35.6 Å². The highest BCUT2D eigenvalue weighted by Gasteiger charge is 2.26. The van der Waals surface area contributed by atoms with Crippen LogP contribution in [0.2, 0.25) is 0 Å². The predicted molar refractivity (Wildman–Crippen MR) is 107 cm³/mol. The molecule has 2 heterocycles. The van der Waals surface area contributed by atoms with E-state index in [0.717, 1.165) is 4.70 Å². The molecule has 0 aliphatic carbocycles. The van der Waals surface area contributed by atoms with E-state index in [1.54, 1.807) is 36.4 Å². The quantitative estimate of drug-likeness (QED) is 0.515. The van der Waals surface area contributed by atoms with Crippen LogP contribution in [-0.2, 0) is 10.0 Å². The highest BCUT2D eigenvalue weighted by atomic mass is 79.9. The number of aryl methyl sites for hydroxylation is 1. The molecular weight excluding hydrogens is 438 g/mol. The van der Waals surface area contributed by atoms with Crippen molar-refractivity contribution in [2.45, 2.75) is 11.8 Å². The van der Waals surface area contributed by atoms with E-state index in [1.165, 1.54) is 22.7 Å². The molecule has 0 aliphatic heterocycles.